The van der Waals surface area contributed by atoms with Crippen molar-refractivity contribution in [2.24, 2.45) is 0 Å². The Balaban J connectivity index is 1.50. The van der Waals surface area contributed by atoms with Crippen molar-refractivity contribution in [3.8, 4) is 5.75 Å². The van der Waals surface area contributed by atoms with Crippen LogP contribution in [0.5, 0.6) is 5.75 Å². The van der Waals surface area contributed by atoms with Gasteiger partial charge in [-0.2, -0.15) is 0 Å². The molecule has 0 fully saturated rings. The number of carbonyl (C=O) groups excluding carboxylic acids is 3. The Morgan fingerprint density at radius 2 is 1.41 bits per heavy atom. The fraction of sp³-hybridized carbons (Fsp3) is 0. The summed E-state index contributed by atoms with van der Waals surface area (Å²) in [6.07, 6.45) is 0. The van der Waals surface area contributed by atoms with Gasteiger partial charge in [0.25, 0.3) is 11.8 Å². The maximum atomic E-state index is 12.9. The summed E-state index contributed by atoms with van der Waals surface area (Å²) in [6, 6.07) is 14.8. The maximum absolute atomic E-state index is 12.9. The Hall–Kier alpha value is -2.74. The predicted octanol–water partition coefficient (Wildman–Crippen LogP) is 6.96. The van der Waals surface area contributed by atoms with E-state index in [1.165, 1.54) is 54.6 Å². The van der Waals surface area contributed by atoms with Crippen LogP contribution in [0, 0.1) is 0 Å². The lowest BCUT2D eigenvalue weighted by Crippen LogP contribution is -2.32. The minimum atomic E-state index is -0.752. The van der Waals surface area contributed by atoms with Gasteiger partial charge in [-0.25, -0.2) is 9.69 Å². The first-order valence-corrected chi connectivity index (χ1v) is 11.3. The maximum Gasteiger partial charge on any atom is 0.343 e. The Labute approximate surface area is 218 Å². The van der Waals surface area contributed by atoms with Crippen molar-refractivity contribution in [2.45, 2.75) is 0 Å². The number of hydrogen-bond donors (Lipinski definition) is 1. The highest BCUT2D eigenvalue weighted by Gasteiger charge is 2.40. The van der Waals surface area contributed by atoms with E-state index in [0.29, 0.717) is 15.7 Å². The Kier molecular flexibility index (Phi) is 7.07. The number of nitrogens with zero attached hydrogens (tertiary/aromatic N) is 1. The number of ether oxygens (including phenoxy) is 1. The second-order valence-corrected chi connectivity index (χ2v) is 8.96. The van der Waals surface area contributed by atoms with Crippen molar-refractivity contribution in [3.63, 3.8) is 0 Å². The molecule has 1 aliphatic heterocycles. The highest BCUT2D eigenvalue weighted by atomic mass is 35.5. The largest absolute Gasteiger partial charge is 0.421 e. The van der Waals surface area contributed by atoms with Gasteiger partial charge in [-0.15, -0.1) is 0 Å². The molecule has 34 heavy (non-hydrogen) atoms. The van der Waals surface area contributed by atoms with E-state index in [0.717, 1.165) is 4.90 Å². The second kappa shape index (κ2) is 9.86. The molecule has 1 N–H and O–H groups in total. The summed E-state index contributed by atoms with van der Waals surface area (Å²) < 4.78 is 5.28. The summed E-state index contributed by atoms with van der Waals surface area (Å²) >= 11 is 30.1. The van der Waals surface area contributed by atoms with Crippen LogP contribution in [-0.2, 0) is 9.59 Å². The van der Waals surface area contributed by atoms with Crippen LogP contribution in [0.3, 0.4) is 0 Å². The van der Waals surface area contributed by atoms with E-state index < -0.39 is 17.8 Å². The monoisotopic (exact) mass is 554 g/mol. The third-order valence-electron chi connectivity index (χ3n) is 4.66. The van der Waals surface area contributed by atoms with E-state index in [2.05, 4.69) is 5.32 Å². The molecule has 0 radical (unpaired) electrons. The van der Waals surface area contributed by atoms with Crippen LogP contribution in [0.25, 0.3) is 0 Å². The minimum absolute atomic E-state index is 0.109. The number of amides is 2. The van der Waals surface area contributed by atoms with Crippen LogP contribution in [0.15, 0.2) is 71.4 Å². The number of anilines is 2. The SMILES string of the molecule is O=C(Oc1ccc(Cl)cc1Cl)c1ccc(NC2=C(Cl)C(=O)N(c3cc(Cl)ccc3Cl)C2=O)cc1. The summed E-state index contributed by atoms with van der Waals surface area (Å²) in [5.74, 6) is -1.95. The Bertz CT molecular complexity index is 1370. The summed E-state index contributed by atoms with van der Waals surface area (Å²) in [5.41, 5.74) is 0.580. The van der Waals surface area contributed by atoms with E-state index in [-0.39, 0.29) is 37.8 Å². The summed E-state index contributed by atoms with van der Waals surface area (Å²) in [6.45, 7) is 0. The molecule has 1 aliphatic rings. The van der Waals surface area contributed by atoms with Crippen molar-refractivity contribution < 1.29 is 19.1 Å². The fourth-order valence-electron chi connectivity index (χ4n) is 3.04. The van der Waals surface area contributed by atoms with Crippen molar-refractivity contribution >= 4 is 87.2 Å². The zero-order chi connectivity index (χ0) is 24.6. The second-order valence-electron chi connectivity index (χ2n) is 6.90. The van der Waals surface area contributed by atoms with Crippen LogP contribution in [0.1, 0.15) is 10.4 Å². The standard InChI is InChI=1S/C23H11Cl5N2O4/c24-12-4-8-18(16(27)9-12)34-23(33)11-1-5-14(6-2-11)29-20-19(28)21(31)30(22(20)32)17-10-13(25)3-7-15(17)26/h1-10,29H. The number of imide groups is 1. The first-order chi connectivity index (χ1) is 16.2. The van der Waals surface area contributed by atoms with Crippen LogP contribution in [0.2, 0.25) is 20.1 Å². The van der Waals surface area contributed by atoms with E-state index in [4.69, 9.17) is 62.7 Å². The van der Waals surface area contributed by atoms with Gasteiger partial charge >= 0.3 is 5.97 Å². The van der Waals surface area contributed by atoms with Gasteiger partial charge in [-0.1, -0.05) is 58.0 Å². The first-order valence-electron chi connectivity index (χ1n) is 9.43. The topological polar surface area (TPSA) is 75.7 Å². The molecule has 0 unspecified atom stereocenters. The minimum Gasteiger partial charge on any atom is -0.421 e. The third kappa shape index (κ3) is 4.87. The van der Waals surface area contributed by atoms with E-state index >= 15 is 0 Å². The average molecular weight is 557 g/mol. The lowest BCUT2D eigenvalue weighted by Gasteiger charge is -2.17. The molecule has 0 saturated carbocycles. The number of benzene rings is 3. The van der Waals surface area contributed by atoms with E-state index in [1.54, 1.807) is 6.07 Å². The normalized spacial score (nSPS) is 13.5. The highest BCUT2D eigenvalue weighted by molar-refractivity contribution is 6.54. The number of nitrogens with one attached hydrogen (secondary N) is 1. The quantitative estimate of drug-likeness (QED) is 0.209. The fourth-order valence-corrected chi connectivity index (χ4v) is 4.07. The van der Waals surface area contributed by atoms with Crippen molar-refractivity contribution in [1.82, 2.24) is 0 Å². The molecule has 4 rings (SSSR count). The van der Waals surface area contributed by atoms with Gasteiger partial charge in [0, 0.05) is 15.7 Å². The van der Waals surface area contributed by atoms with Gasteiger partial charge in [0.15, 0.2) is 0 Å². The molecule has 0 atom stereocenters. The van der Waals surface area contributed by atoms with Gasteiger partial charge in [0.2, 0.25) is 0 Å². The van der Waals surface area contributed by atoms with E-state index in [1.807, 2.05) is 0 Å². The Morgan fingerprint density at radius 3 is 2.09 bits per heavy atom. The molecule has 6 nitrogen and oxygen atoms in total. The molecule has 0 bridgehead atoms. The van der Waals surface area contributed by atoms with E-state index in [9.17, 15) is 14.4 Å². The molecule has 0 spiro atoms. The first kappa shape index (κ1) is 24.4. The highest BCUT2D eigenvalue weighted by Crippen LogP contribution is 2.36. The summed E-state index contributed by atoms with van der Waals surface area (Å²) in [5, 5.41) is 3.53. The van der Waals surface area contributed by atoms with Crippen LogP contribution < -0.4 is 15.0 Å². The molecule has 0 saturated heterocycles. The molecule has 11 heteroatoms. The van der Waals surface area contributed by atoms with Gasteiger partial charge < -0.3 is 10.1 Å². The lowest BCUT2D eigenvalue weighted by atomic mass is 10.2. The van der Waals surface area contributed by atoms with Crippen LogP contribution in [-0.4, -0.2) is 17.8 Å². The molecule has 1 heterocycles. The lowest BCUT2D eigenvalue weighted by molar-refractivity contribution is -0.120. The molecular formula is C23H11Cl5N2O4. The smallest absolute Gasteiger partial charge is 0.343 e. The third-order valence-corrected chi connectivity index (χ3v) is 6.10. The predicted molar refractivity (Wildman–Crippen MR) is 133 cm³/mol. The number of rotatable bonds is 5. The van der Waals surface area contributed by atoms with Crippen molar-refractivity contribution in [2.75, 3.05) is 10.2 Å². The van der Waals surface area contributed by atoms with Gasteiger partial charge in [0.1, 0.15) is 16.5 Å². The van der Waals surface area contributed by atoms with Gasteiger partial charge in [-0.3, -0.25) is 9.59 Å². The van der Waals surface area contributed by atoms with Crippen LogP contribution in [0.4, 0.5) is 11.4 Å². The van der Waals surface area contributed by atoms with Gasteiger partial charge in [-0.05, 0) is 60.7 Å². The zero-order valence-electron chi connectivity index (χ0n) is 16.7. The summed E-state index contributed by atoms with van der Waals surface area (Å²) in [7, 11) is 0. The molecule has 0 aliphatic carbocycles. The molecule has 172 valence electrons. The van der Waals surface area contributed by atoms with Crippen molar-refractivity contribution in [1.29, 1.82) is 0 Å². The zero-order valence-corrected chi connectivity index (χ0v) is 20.5. The molecular weight excluding hydrogens is 546 g/mol. The van der Waals surface area contributed by atoms with Gasteiger partial charge in [0.05, 0.1) is 21.3 Å². The number of esters is 1. The number of halogens is 5. The number of carbonyl (C=O) groups is 3. The van der Waals surface area contributed by atoms with Crippen LogP contribution >= 0.6 is 58.0 Å². The number of hydrogen-bond acceptors (Lipinski definition) is 5. The Morgan fingerprint density at radius 1 is 0.765 bits per heavy atom. The summed E-state index contributed by atoms with van der Waals surface area (Å²) in [4.78, 5) is 38.8. The van der Waals surface area contributed by atoms with Crippen molar-refractivity contribution in [3.05, 3.63) is 97.0 Å². The molecule has 3 aromatic rings. The molecule has 2 amide bonds. The molecule has 3 aromatic carbocycles. The molecule has 0 aromatic heterocycles. The average Bonchev–Trinajstić information content (AvgIpc) is 3.01.